The number of methoxy groups -OCH3 is 1. The number of hydrogen-bond donors (Lipinski definition) is 2. The van der Waals surface area contributed by atoms with E-state index in [1.165, 1.54) is 7.11 Å². The Kier molecular flexibility index (Phi) is 3.92. The lowest BCUT2D eigenvalue weighted by Crippen LogP contribution is -2.32. The smallest absolute Gasteiger partial charge is 0.352 e. The van der Waals surface area contributed by atoms with Crippen LogP contribution in [0.5, 0.6) is 5.75 Å². The Hall–Kier alpha value is -3.61. The standard InChI is InChI=1S/C20H16N2O5/c1-27-11-6-7-16-15(10-11)12(17(21-16)20(25)26)8-9-22-18(23)13-4-2-3-5-14(13)19(22)24/h2-7,10,21H,8-9H2,1H3,(H,25,26). The van der Waals surface area contributed by atoms with Gasteiger partial charge in [-0.1, -0.05) is 12.1 Å². The Balaban J connectivity index is 1.68. The first-order chi connectivity index (χ1) is 13.0. The summed E-state index contributed by atoms with van der Waals surface area (Å²) in [6.07, 6.45) is 0.222. The highest BCUT2D eigenvalue weighted by Crippen LogP contribution is 2.29. The molecule has 0 saturated carbocycles. The third kappa shape index (κ3) is 2.64. The second kappa shape index (κ2) is 6.28. The minimum atomic E-state index is -1.09. The van der Waals surface area contributed by atoms with Crippen molar-refractivity contribution in [2.24, 2.45) is 0 Å². The van der Waals surface area contributed by atoms with Gasteiger partial charge in [0.05, 0.1) is 18.2 Å². The molecular weight excluding hydrogens is 348 g/mol. The molecule has 0 aliphatic carbocycles. The van der Waals surface area contributed by atoms with Crippen LogP contribution in [0.25, 0.3) is 10.9 Å². The van der Waals surface area contributed by atoms with Gasteiger partial charge in [-0.15, -0.1) is 0 Å². The van der Waals surface area contributed by atoms with Crippen LogP contribution in [0.4, 0.5) is 0 Å². The van der Waals surface area contributed by atoms with Crippen molar-refractivity contribution in [3.8, 4) is 5.75 Å². The number of ether oxygens (including phenoxy) is 1. The van der Waals surface area contributed by atoms with Crippen molar-refractivity contribution in [1.29, 1.82) is 0 Å². The number of fused-ring (bicyclic) bond motifs is 2. The van der Waals surface area contributed by atoms with Gasteiger partial charge in [-0.25, -0.2) is 4.79 Å². The van der Waals surface area contributed by atoms with Crippen molar-refractivity contribution in [2.45, 2.75) is 6.42 Å². The summed E-state index contributed by atoms with van der Waals surface area (Å²) in [4.78, 5) is 40.7. The van der Waals surface area contributed by atoms with Gasteiger partial charge in [0.25, 0.3) is 11.8 Å². The number of H-pyrrole nitrogens is 1. The summed E-state index contributed by atoms with van der Waals surface area (Å²) in [5.41, 5.74) is 2.00. The number of hydrogen-bond acceptors (Lipinski definition) is 4. The first-order valence-electron chi connectivity index (χ1n) is 8.38. The molecule has 0 spiro atoms. The fourth-order valence-electron chi connectivity index (χ4n) is 3.46. The SMILES string of the molecule is COc1ccc2[nH]c(C(=O)O)c(CCN3C(=O)c4ccccc4C3=O)c2c1. The molecular formula is C20H16N2O5. The van der Waals surface area contributed by atoms with Gasteiger partial charge in [0.1, 0.15) is 11.4 Å². The van der Waals surface area contributed by atoms with Crippen LogP contribution in [-0.2, 0) is 6.42 Å². The summed E-state index contributed by atoms with van der Waals surface area (Å²) >= 11 is 0. The lowest BCUT2D eigenvalue weighted by molar-refractivity contribution is 0.0655. The summed E-state index contributed by atoms with van der Waals surface area (Å²) in [6.45, 7) is 0.0940. The fraction of sp³-hybridized carbons (Fsp3) is 0.150. The summed E-state index contributed by atoms with van der Waals surface area (Å²) in [5.74, 6) is -1.21. The van der Waals surface area contributed by atoms with Gasteiger partial charge in [-0.3, -0.25) is 14.5 Å². The van der Waals surface area contributed by atoms with Crippen LogP contribution < -0.4 is 4.74 Å². The second-order valence-electron chi connectivity index (χ2n) is 6.25. The third-order valence-corrected chi connectivity index (χ3v) is 4.79. The predicted molar refractivity (Wildman–Crippen MR) is 97.3 cm³/mol. The maximum atomic E-state index is 12.5. The molecule has 0 saturated heterocycles. The van der Waals surface area contributed by atoms with Gasteiger partial charge in [0.15, 0.2) is 0 Å². The normalized spacial score (nSPS) is 13.3. The zero-order chi connectivity index (χ0) is 19.1. The number of nitrogens with one attached hydrogen (secondary N) is 1. The van der Waals surface area contributed by atoms with E-state index in [4.69, 9.17) is 4.74 Å². The Labute approximate surface area is 154 Å². The van der Waals surface area contributed by atoms with E-state index in [0.717, 1.165) is 4.90 Å². The number of aromatic nitrogens is 1. The molecule has 2 aromatic carbocycles. The van der Waals surface area contributed by atoms with Gasteiger partial charge >= 0.3 is 5.97 Å². The summed E-state index contributed by atoms with van der Waals surface area (Å²) in [6, 6.07) is 11.9. The number of carbonyl (C=O) groups is 3. The summed E-state index contributed by atoms with van der Waals surface area (Å²) in [7, 11) is 1.53. The lowest BCUT2D eigenvalue weighted by atomic mass is 10.1. The van der Waals surface area contributed by atoms with E-state index in [9.17, 15) is 19.5 Å². The number of carboxylic acid groups (broad SMARTS) is 1. The quantitative estimate of drug-likeness (QED) is 0.678. The Morgan fingerprint density at radius 1 is 1.11 bits per heavy atom. The van der Waals surface area contributed by atoms with Crippen molar-refractivity contribution in [3.05, 3.63) is 64.8 Å². The van der Waals surface area contributed by atoms with E-state index in [-0.39, 0.29) is 30.5 Å². The summed E-state index contributed by atoms with van der Waals surface area (Å²) in [5, 5.41) is 10.2. The van der Waals surface area contributed by atoms with Crippen molar-refractivity contribution >= 4 is 28.7 Å². The monoisotopic (exact) mass is 364 g/mol. The van der Waals surface area contributed by atoms with Crippen molar-refractivity contribution in [2.75, 3.05) is 13.7 Å². The molecule has 2 N–H and O–H groups in total. The van der Waals surface area contributed by atoms with E-state index in [0.29, 0.717) is 33.3 Å². The number of carbonyl (C=O) groups excluding carboxylic acids is 2. The van der Waals surface area contributed by atoms with Gasteiger partial charge in [0, 0.05) is 17.4 Å². The molecule has 7 heteroatoms. The molecule has 27 heavy (non-hydrogen) atoms. The first kappa shape index (κ1) is 16.8. The maximum Gasteiger partial charge on any atom is 0.352 e. The molecule has 4 rings (SSSR count). The lowest BCUT2D eigenvalue weighted by Gasteiger charge is -2.14. The maximum absolute atomic E-state index is 12.5. The van der Waals surface area contributed by atoms with Gasteiger partial charge < -0.3 is 14.8 Å². The van der Waals surface area contributed by atoms with Crippen LogP contribution in [0, 0.1) is 0 Å². The molecule has 2 amide bonds. The minimum Gasteiger partial charge on any atom is -0.497 e. The number of rotatable bonds is 5. The zero-order valence-corrected chi connectivity index (χ0v) is 14.5. The van der Waals surface area contributed by atoms with Gasteiger partial charge in [-0.2, -0.15) is 0 Å². The predicted octanol–water partition coefficient (Wildman–Crippen LogP) is 2.71. The molecule has 3 aromatic rings. The molecule has 136 valence electrons. The van der Waals surface area contributed by atoms with Crippen LogP contribution >= 0.6 is 0 Å². The number of aromatic amines is 1. The van der Waals surface area contributed by atoms with E-state index in [2.05, 4.69) is 4.98 Å². The van der Waals surface area contributed by atoms with E-state index < -0.39 is 5.97 Å². The van der Waals surface area contributed by atoms with Crippen LogP contribution in [0.15, 0.2) is 42.5 Å². The zero-order valence-electron chi connectivity index (χ0n) is 14.5. The van der Waals surface area contributed by atoms with Crippen LogP contribution in [0.3, 0.4) is 0 Å². The molecule has 2 heterocycles. The molecule has 1 aliphatic rings. The van der Waals surface area contributed by atoms with E-state index in [1.807, 2.05) is 0 Å². The largest absolute Gasteiger partial charge is 0.497 e. The van der Waals surface area contributed by atoms with Crippen LogP contribution in [-0.4, -0.2) is 46.4 Å². The van der Waals surface area contributed by atoms with Gasteiger partial charge in [0.2, 0.25) is 0 Å². The molecule has 0 atom stereocenters. The molecule has 1 aliphatic heterocycles. The number of imide groups is 1. The Morgan fingerprint density at radius 3 is 2.37 bits per heavy atom. The number of amides is 2. The highest BCUT2D eigenvalue weighted by Gasteiger charge is 2.35. The van der Waals surface area contributed by atoms with E-state index in [1.54, 1.807) is 42.5 Å². The third-order valence-electron chi connectivity index (χ3n) is 4.79. The van der Waals surface area contributed by atoms with Crippen molar-refractivity contribution in [3.63, 3.8) is 0 Å². The molecule has 0 unspecified atom stereocenters. The number of carboxylic acids is 1. The van der Waals surface area contributed by atoms with Crippen LogP contribution in [0.1, 0.15) is 36.8 Å². The fourth-order valence-corrected chi connectivity index (χ4v) is 3.46. The molecule has 7 nitrogen and oxygen atoms in total. The average molecular weight is 364 g/mol. The average Bonchev–Trinajstić information content (AvgIpc) is 3.16. The van der Waals surface area contributed by atoms with Crippen LogP contribution in [0.2, 0.25) is 0 Å². The topological polar surface area (TPSA) is 99.7 Å². The number of aromatic carboxylic acids is 1. The minimum absolute atomic E-state index is 0.0508. The Bertz CT molecular complexity index is 1060. The molecule has 0 radical (unpaired) electrons. The summed E-state index contributed by atoms with van der Waals surface area (Å²) < 4.78 is 5.22. The number of nitrogens with zero attached hydrogens (tertiary/aromatic N) is 1. The van der Waals surface area contributed by atoms with E-state index >= 15 is 0 Å². The number of benzene rings is 2. The van der Waals surface area contributed by atoms with Crippen molar-refractivity contribution in [1.82, 2.24) is 9.88 Å². The highest BCUT2D eigenvalue weighted by atomic mass is 16.5. The Morgan fingerprint density at radius 2 is 1.78 bits per heavy atom. The highest BCUT2D eigenvalue weighted by molar-refractivity contribution is 6.21. The van der Waals surface area contributed by atoms with Gasteiger partial charge in [-0.05, 0) is 42.3 Å². The second-order valence-corrected chi connectivity index (χ2v) is 6.25. The first-order valence-corrected chi connectivity index (χ1v) is 8.38. The van der Waals surface area contributed by atoms with Crippen molar-refractivity contribution < 1.29 is 24.2 Å². The molecule has 0 fully saturated rings. The molecule has 1 aromatic heterocycles. The molecule has 0 bridgehead atoms.